The molecule has 6 rings (SSSR count). The average Bonchev–Trinajstić information content (AvgIpc) is 3.34. The molecule has 4 heteroatoms. The summed E-state index contributed by atoms with van der Waals surface area (Å²) >= 11 is 1.70. The molecule has 3 heterocycles. The molecule has 6 aromatic rings. The van der Waals surface area contributed by atoms with Crippen LogP contribution in [0.5, 0.6) is 0 Å². The number of fused-ring (bicyclic) bond motifs is 1. The van der Waals surface area contributed by atoms with Gasteiger partial charge < -0.3 is 0 Å². The lowest BCUT2D eigenvalue weighted by atomic mass is 10.1. The zero-order valence-corrected chi connectivity index (χ0v) is 18.7. The van der Waals surface area contributed by atoms with Crippen LogP contribution in [-0.2, 0) is 0 Å². The normalized spacial score (nSPS) is 11.0. The fraction of sp³-hybridized carbons (Fsp3) is 0. The summed E-state index contributed by atoms with van der Waals surface area (Å²) in [5, 5.41) is 0.979. The molecule has 0 unspecified atom stereocenters. The predicted molar refractivity (Wildman–Crippen MR) is 134 cm³/mol. The Morgan fingerprint density at radius 2 is 1.12 bits per heavy atom. The minimum atomic E-state index is 0.979. The van der Waals surface area contributed by atoms with Crippen LogP contribution < -0.4 is 9.13 Å². The Hall–Kier alpha value is -4.15. The molecule has 0 radical (unpaired) electrons. The minimum Gasteiger partial charge on any atom is -0.194 e. The van der Waals surface area contributed by atoms with Crippen molar-refractivity contribution < 1.29 is 9.13 Å². The highest BCUT2D eigenvalue weighted by Crippen LogP contribution is 2.23. The highest BCUT2D eigenvalue weighted by atomic mass is 32.1. The first-order chi connectivity index (χ1) is 16.3. The zero-order chi connectivity index (χ0) is 22.0. The SMILES string of the molecule is c1ccc(-c2cccc(-[n+]3ccc(-c4cc[n+](-c5nc6ccccc6s5)cc4)cc3)c2)cc1. The molecule has 0 bridgehead atoms. The van der Waals surface area contributed by atoms with Crippen molar-refractivity contribution in [3.05, 3.63) is 128 Å². The largest absolute Gasteiger partial charge is 0.388 e. The molecule has 0 saturated carbocycles. The highest BCUT2D eigenvalue weighted by Gasteiger charge is 2.15. The Bertz CT molecular complexity index is 1500. The maximum Gasteiger partial charge on any atom is 0.388 e. The number of nitrogens with zero attached hydrogens (tertiary/aromatic N) is 3. The van der Waals surface area contributed by atoms with Gasteiger partial charge in [-0.05, 0) is 62.8 Å². The minimum absolute atomic E-state index is 0.979. The number of benzene rings is 3. The first-order valence-electron chi connectivity index (χ1n) is 10.9. The first kappa shape index (κ1) is 19.5. The van der Waals surface area contributed by atoms with E-state index in [0.29, 0.717) is 0 Å². The Morgan fingerprint density at radius 3 is 1.85 bits per heavy atom. The molecule has 156 valence electrons. The monoisotopic (exact) mass is 443 g/mol. The van der Waals surface area contributed by atoms with E-state index in [9.17, 15) is 0 Å². The smallest absolute Gasteiger partial charge is 0.194 e. The van der Waals surface area contributed by atoms with Gasteiger partial charge in [0.2, 0.25) is 5.69 Å². The highest BCUT2D eigenvalue weighted by molar-refractivity contribution is 7.20. The van der Waals surface area contributed by atoms with Gasteiger partial charge in [-0.15, -0.1) is 0 Å². The van der Waals surface area contributed by atoms with Crippen LogP contribution in [0, 0.1) is 0 Å². The predicted octanol–water partition coefficient (Wildman–Crippen LogP) is 6.18. The fourth-order valence-electron chi connectivity index (χ4n) is 3.98. The summed E-state index contributed by atoms with van der Waals surface area (Å²) < 4.78 is 5.43. The molecule has 0 spiro atoms. The molecule has 0 atom stereocenters. The van der Waals surface area contributed by atoms with Gasteiger partial charge in [0.15, 0.2) is 17.9 Å². The topological polar surface area (TPSA) is 20.6 Å². The summed E-state index contributed by atoms with van der Waals surface area (Å²) in [6, 6.07) is 35.9. The van der Waals surface area contributed by atoms with Gasteiger partial charge in [0.05, 0.1) is 17.1 Å². The Morgan fingerprint density at radius 1 is 0.515 bits per heavy atom. The standard InChI is InChI=1S/C29H21N3S/c1-2-7-22(8-3-1)25-9-6-10-26(21-25)31-17-13-23(14-18-31)24-15-19-32(20-16-24)29-30-27-11-4-5-12-28(27)33-29/h1-21H/q+2. The van der Waals surface area contributed by atoms with Crippen LogP contribution in [0.3, 0.4) is 0 Å². The van der Waals surface area contributed by atoms with Crippen LogP contribution in [0.1, 0.15) is 0 Å². The van der Waals surface area contributed by atoms with E-state index in [1.54, 1.807) is 11.3 Å². The molecular weight excluding hydrogens is 422 g/mol. The van der Waals surface area contributed by atoms with Crippen LogP contribution in [-0.4, -0.2) is 4.98 Å². The third kappa shape index (κ3) is 3.93. The number of rotatable bonds is 4. The van der Waals surface area contributed by atoms with Gasteiger partial charge in [-0.25, -0.2) is 0 Å². The van der Waals surface area contributed by atoms with Gasteiger partial charge in [0, 0.05) is 24.3 Å². The van der Waals surface area contributed by atoms with Crippen molar-refractivity contribution in [1.82, 2.24) is 4.98 Å². The maximum atomic E-state index is 4.74. The third-order valence-electron chi connectivity index (χ3n) is 5.75. The maximum absolute atomic E-state index is 4.74. The van der Waals surface area contributed by atoms with E-state index < -0.39 is 0 Å². The number of pyridine rings is 2. The van der Waals surface area contributed by atoms with Crippen LogP contribution in [0.25, 0.3) is 43.3 Å². The quantitative estimate of drug-likeness (QED) is 0.298. The molecule has 3 nitrogen and oxygen atoms in total. The molecule has 0 amide bonds. The van der Waals surface area contributed by atoms with Crippen LogP contribution in [0.2, 0.25) is 0 Å². The summed E-state index contributed by atoms with van der Waals surface area (Å²) in [6.07, 6.45) is 8.40. The lowest BCUT2D eigenvalue weighted by Crippen LogP contribution is -2.29. The molecule has 0 aliphatic rings. The lowest BCUT2D eigenvalue weighted by Gasteiger charge is -2.04. The van der Waals surface area contributed by atoms with Crippen LogP contribution >= 0.6 is 11.3 Å². The van der Waals surface area contributed by atoms with Crippen molar-refractivity contribution in [3.63, 3.8) is 0 Å². The Balaban J connectivity index is 1.25. The van der Waals surface area contributed by atoms with Gasteiger partial charge >= 0.3 is 5.13 Å². The summed E-state index contributed by atoms with van der Waals surface area (Å²) in [6.45, 7) is 0. The number of thiazole rings is 1. The van der Waals surface area contributed by atoms with Gasteiger partial charge in [-0.2, -0.15) is 9.13 Å². The molecule has 0 aliphatic carbocycles. The molecule has 0 aliphatic heterocycles. The van der Waals surface area contributed by atoms with Crippen molar-refractivity contribution in [2.45, 2.75) is 0 Å². The van der Waals surface area contributed by atoms with E-state index in [1.165, 1.54) is 27.0 Å². The number of hydrogen-bond acceptors (Lipinski definition) is 2. The van der Waals surface area contributed by atoms with Crippen molar-refractivity contribution in [2.24, 2.45) is 0 Å². The second kappa shape index (κ2) is 8.41. The van der Waals surface area contributed by atoms with Gasteiger partial charge in [-0.1, -0.05) is 54.6 Å². The number of hydrogen-bond donors (Lipinski definition) is 0. The molecule has 0 N–H and O–H groups in total. The number of para-hydroxylation sites is 1. The van der Waals surface area contributed by atoms with Crippen molar-refractivity contribution in [2.75, 3.05) is 0 Å². The van der Waals surface area contributed by atoms with E-state index >= 15 is 0 Å². The van der Waals surface area contributed by atoms with Crippen molar-refractivity contribution >= 4 is 21.6 Å². The molecule has 0 fully saturated rings. The van der Waals surface area contributed by atoms with Crippen LogP contribution in [0.15, 0.2) is 128 Å². The fourth-order valence-corrected chi connectivity index (χ4v) is 4.92. The molecule has 33 heavy (non-hydrogen) atoms. The molecule has 3 aromatic carbocycles. The van der Waals surface area contributed by atoms with Gasteiger partial charge in [0.1, 0.15) is 0 Å². The summed E-state index contributed by atoms with van der Waals surface area (Å²) in [4.78, 5) is 4.74. The third-order valence-corrected chi connectivity index (χ3v) is 6.80. The first-order valence-corrected chi connectivity index (χ1v) is 11.7. The Labute approximate surface area is 196 Å². The van der Waals surface area contributed by atoms with Crippen LogP contribution in [0.4, 0.5) is 0 Å². The lowest BCUT2D eigenvalue weighted by molar-refractivity contribution is -0.595. The molecule has 0 saturated heterocycles. The summed E-state index contributed by atoms with van der Waals surface area (Å²) in [7, 11) is 0. The average molecular weight is 444 g/mol. The van der Waals surface area contributed by atoms with Crippen molar-refractivity contribution in [3.8, 4) is 33.1 Å². The van der Waals surface area contributed by atoms with Gasteiger partial charge in [-0.3, -0.25) is 0 Å². The molecular formula is C29H21N3S+2. The Kier molecular flexibility index (Phi) is 4.98. The second-order valence-corrected chi connectivity index (χ2v) is 8.88. The van der Waals surface area contributed by atoms with E-state index in [4.69, 9.17) is 4.98 Å². The van der Waals surface area contributed by atoms with Crippen molar-refractivity contribution in [1.29, 1.82) is 0 Å². The second-order valence-electron chi connectivity index (χ2n) is 7.87. The summed E-state index contributed by atoms with van der Waals surface area (Å²) in [5.74, 6) is 0. The molecule has 3 aromatic heterocycles. The number of aromatic nitrogens is 3. The summed E-state index contributed by atoms with van der Waals surface area (Å²) in [5.41, 5.74) is 6.98. The zero-order valence-electron chi connectivity index (χ0n) is 17.9. The van der Waals surface area contributed by atoms with E-state index in [0.717, 1.165) is 16.3 Å². The van der Waals surface area contributed by atoms with E-state index in [1.807, 2.05) is 12.1 Å². The van der Waals surface area contributed by atoms with Gasteiger partial charge in [0.25, 0.3) is 0 Å². The van der Waals surface area contributed by atoms with E-state index in [2.05, 4.69) is 125 Å². The van der Waals surface area contributed by atoms with E-state index in [-0.39, 0.29) is 0 Å².